The lowest BCUT2D eigenvalue weighted by Gasteiger charge is -2.15. The summed E-state index contributed by atoms with van der Waals surface area (Å²) in [5.74, 6) is 0. The summed E-state index contributed by atoms with van der Waals surface area (Å²) < 4.78 is 0. The van der Waals surface area contributed by atoms with Crippen molar-refractivity contribution in [1.82, 2.24) is 0 Å². The van der Waals surface area contributed by atoms with E-state index in [9.17, 15) is 0 Å². The molecule has 0 heterocycles. The molecule has 0 unspecified atom stereocenters. The van der Waals surface area contributed by atoms with Crippen molar-refractivity contribution < 1.29 is 0 Å². The van der Waals surface area contributed by atoms with E-state index in [0.29, 0.717) is 0 Å². The van der Waals surface area contributed by atoms with E-state index in [-0.39, 0.29) is 0 Å². The first-order valence-electron chi connectivity index (χ1n) is 6.85. The molecule has 0 saturated carbocycles. The molecule has 0 aromatic heterocycles. The highest BCUT2D eigenvalue weighted by molar-refractivity contribution is 5.72. The molecule has 0 atom stereocenters. The van der Waals surface area contributed by atoms with E-state index >= 15 is 0 Å². The Morgan fingerprint density at radius 1 is 0.722 bits per heavy atom. The minimum absolute atomic E-state index is 1.10. The number of benzene rings is 2. The summed E-state index contributed by atoms with van der Waals surface area (Å²) in [5, 5.41) is 0. The first kappa shape index (κ1) is 12.9. The van der Waals surface area contributed by atoms with Gasteiger partial charge in [0.05, 0.1) is 0 Å². The molecular weight excluding hydrogens is 216 g/mol. The van der Waals surface area contributed by atoms with Crippen LogP contribution in [0.2, 0.25) is 0 Å². The minimum Gasteiger partial charge on any atom is -0.0613 e. The Kier molecular flexibility index (Phi) is 3.86. The third-order valence-electron chi connectivity index (χ3n) is 3.55. The standard InChI is InChI=1S/C18H22/c1-5-15-11-14(4)12-16(6-2)18(15)17-9-7-13(3)8-10-17/h7-12H,5-6H2,1-4H3. The smallest absolute Gasteiger partial charge is 0.0120 e. The van der Waals surface area contributed by atoms with Crippen LogP contribution < -0.4 is 0 Å². The van der Waals surface area contributed by atoms with Gasteiger partial charge in [0, 0.05) is 0 Å². The fourth-order valence-electron chi connectivity index (χ4n) is 2.59. The third-order valence-corrected chi connectivity index (χ3v) is 3.55. The van der Waals surface area contributed by atoms with Crippen LogP contribution >= 0.6 is 0 Å². The Morgan fingerprint density at radius 2 is 1.22 bits per heavy atom. The van der Waals surface area contributed by atoms with Gasteiger partial charge in [-0.15, -0.1) is 0 Å². The minimum atomic E-state index is 1.10. The Bertz CT molecular complexity index is 507. The van der Waals surface area contributed by atoms with Crippen LogP contribution in [-0.4, -0.2) is 0 Å². The molecule has 0 radical (unpaired) electrons. The number of hydrogen-bond donors (Lipinski definition) is 0. The largest absolute Gasteiger partial charge is 0.0613 e. The van der Waals surface area contributed by atoms with Crippen molar-refractivity contribution in [1.29, 1.82) is 0 Å². The molecule has 2 rings (SSSR count). The average Bonchev–Trinajstić information content (AvgIpc) is 2.39. The summed E-state index contributed by atoms with van der Waals surface area (Å²) >= 11 is 0. The second-order valence-electron chi connectivity index (χ2n) is 5.03. The highest BCUT2D eigenvalue weighted by Gasteiger charge is 2.09. The zero-order valence-corrected chi connectivity index (χ0v) is 11.9. The van der Waals surface area contributed by atoms with Crippen LogP contribution in [0, 0.1) is 13.8 Å². The maximum absolute atomic E-state index is 2.33. The van der Waals surface area contributed by atoms with Crippen molar-refractivity contribution in [2.75, 3.05) is 0 Å². The van der Waals surface area contributed by atoms with Gasteiger partial charge in [0.2, 0.25) is 0 Å². The topological polar surface area (TPSA) is 0 Å². The molecule has 94 valence electrons. The van der Waals surface area contributed by atoms with Crippen LogP contribution in [-0.2, 0) is 12.8 Å². The van der Waals surface area contributed by atoms with Crippen molar-refractivity contribution in [2.24, 2.45) is 0 Å². The lowest BCUT2D eigenvalue weighted by Crippen LogP contribution is -1.96. The maximum Gasteiger partial charge on any atom is -0.0120 e. The molecule has 2 aromatic carbocycles. The van der Waals surface area contributed by atoms with E-state index in [2.05, 4.69) is 64.1 Å². The normalized spacial score (nSPS) is 10.7. The van der Waals surface area contributed by atoms with Crippen LogP contribution in [0.15, 0.2) is 36.4 Å². The molecule has 2 aromatic rings. The Balaban J connectivity index is 2.64. The summed E-state index contributed by atoms with van der Waals surface area (Å²) in [5.41, 5.74) is 8.44. The zero-order valence-electron chi connectivity index (χ0n) is 11.9. The van der Waals surface area contributed by atoms with Crippen LogP contribution in [0.5, 0.6) is 0 Å². The van der Waals surface area contributed by atoms with Crippen molar-refractivity contribution in [3.05, 3.63) is 58.7 Å². The lowest BCUT2D eigenvalue weighted by molar-refractivity contribution is 1.08. The molecule has 0 heteroatoms. The van der Waals surface area contributed by atoms with Crippen molar-refractivity contribution in [3.63, 3.8) is 0 Å². The number of rotatable bonds is 3. The van der Waals surface area contributed by atoms with Crippen molar-refractivity contribution in [2.45, 2.75) is 40.5 Å². The van der Waals surface area contributed by atoms with E-state index < -0.39 is 0 Å². The molecule has 0 fully saturated rings. The maximum atomic E-state index is 2.33. The Morgan fingerprint density at radius 3 is 1.67 bits per heavy atom. The highest BCUT2D eigenvalue weighted by Crippen LogP contribution is 2.30. The van der Waals surface area contributed by atoms with Gasteiger partial charge in [-0.1, -0.05) is 61.4 Å². The van der Waals surface area contributed by atoms with Gasteiger partial charge in [-0.25, -0.2) is 0 Å². The highest BCUT2D eigenvalue weighted by atomic mass is 14.1. The van der Waals surface area contributed by atoms with Crippen LogP contribution in [0.3, 0.4) is 0 Å². The van der Waals surface area contributed by atoms with E-state index in [1.165, 1.54) is 33.4 Å². The summed E-state index contributed by atoms with van der Waals surface area (Å²) in [4.78, 5) is 0. The molecule has 0 nitrogen and oxygen atoms in total. The predicted molar refractivity (Wildman–Crippen MR) is 80.1 cm³/mol. The summed E-state index contributed by atoms with van der Waals surface area (Å²) in [6.07, 6.45) is 2.19. The molecule has 18 heavy (non-hydrogen) atoms. The van der Waals surface area contributed by atoms with Crippen molar-refractivity contribution in [3.8, 4) is 11.1 Å². The molecule has 0 N–H and O–H groups in total. The second-order valence-corrected chi connectivity index (χ2v) is 5.03. The molecule has 0 spiro atoms. The monoisotopic (exact) mass is 238 g/mol. The van der Waals surface area contributed by atoms with Crippen LogP contribution in [0.4, 0.5) is 0 Å². The van der Waals surface area contributed by atoms with E-state index in [1.807, 2.05) is 0 Å². The van der Waals surface area contributed by atoms with Gasteiger partial charge in [0.25, 0.3) is 0 Å². The van der Waals surface area contributed by atoms with Gasteiger partial charge in [0.15, 0.2) is 0 Å². The lowest BCUT2D eigenvalue weighted by atomic mass is 9.90. The van der Waals surface area contributed by atoms with E-state index in [1.54, 1.807) is 0 Å². The van der Waals surface area contributed by atoms with Gasteiger partial charge < -0.3 is 0 Å². The first-order valence-corrected chi connectivity index (χ1v) is 6.85. The molecule has 0 saturated heterocycles. The van der Waals surface area contributed by atoms with Gasteiger partial charge in [-0.2, -0.15) is 0 Å². The molecule has 0 aliphatic heterocycles. The second kappa shape index (κ2) is 5.39. The van der Waals surface area contributed by atoms with Crippen LogP contribution in [0.1, 0.15) is 36.1 Å². The summed E-state index contributed by atoms with van der Waals surface area (Å²) in [6, 6.07) is 13.6. The molecule has 0 aliphatic carbocycles. The molecule has 0 aliphatic rings. The summed E-state index contributed by atoms with van der Waals surface area (Å²) in [6.45, 7) is 8.81. The first-order chi connectivity index (χ1) is 8.65. The number of hydrogen-bond acceptors (Lipinski definition) is 0. The van der Waals surface area contributed by atoms with E-state index in [4.69, 9.17) is 0 Å². The third kappa shape index (κ3) is 2.48. The zero-order chi connectivity index (χ0) is 13.1. The van der Waals surface area contributed by atoms with Gasteiger partial charge in [-0.05, 0) is 48.9 Å². The average molecular weight is 238 g/mol. The van der Waals surface area contributed by atoms with Gasteiger partial charge in [0.1, 0.15) is 0 Å². The molecular formula is C18H22. The quantitative estimate of drug-likeness (QED) is 0.698. The van der Waals surface area contributed by atoms with Crippen LogP contribution in [0.25, 0.3) is 11.1 Å². The Hall–Kier alpha value is -1.56. The SMILES string of the molecule is CCc1cc(C)cc(CC)c1-c1ccc(C)cc1. The van der Waals surface area contributed by atoms with Gasteiger partial charge >= 0.3 is 0 Å². The fraction of sp³-hybridized carbons (Fsp3) is 0.333. The fourth-order valence-corrected chi connectivity index (χ4v) is 2.59. The van der Waals surface area contributed by atoms with E-state index in [0.717, 1.165) is 12.8 Å². The number of aryl methyl sites for hydroxylation is 4. The van der Waals surface area contributed by atoms with Gasteiger partial charge in [-0.3, -0.25) is 0 Å². The molecule has 0 bridgehead atoms. The summed E-state index contributed by atoms with van der Waals surface area (Å²) in [7, 11) is 0. The Labute approximate surface area is 111 Å². The van der Waals surface area contributed by atoms with Crippen molar-refractivity contribution >= 4 is 0 Å². The predicted octanol–water partition coefficient (Wildman–Crippen LogP) is 5.10. The molecule has 0 amide bonds.